The van der Waals surface area contributed by atoms with Crippen molar-refractivity contribution in [3.8, 4) is 0 Å². The van der Waals surface area contributed by atoms with E-state index in [2.05, 4.69) is 0 Å². The van der Waals surface area contributed by atoms with Crippen molar-refractivity contribution < 1.29 is 40.5 Å². The highest BCUT2D eigenvalue weighted by molar-refractivity contribution is 5.95. The summed E-state index contributed by atoms with van der Waals surface area (Å²) in [6.07, 6.45) is -1.08. The Morgan fingerprint density at radius 2 is 1.69 bits per heavy atom. The summed E-state index contributed by atoms with van der Waals surface area (Å²) >= 11 is 0. The molecule has 0 aromatic heterocycles. The van der Waals surface area contributed by atoms with Gasteiger partial charge in [0.25, 0.3) is 0 Å². The fraction of sp³-hybridized carbons (Fsp3) is 0.889. The summed E-state index contributed by atoms with van der Waals surface area (Å²) in [5, 5.41) is 77.0. The molecule has 4 aliphatic carbocycles. The van der Waals surface area contributed by atoms with E-state index in [0.717, 1.165) is 0 Å². The number of aliphatic hydroxyl groups excluding tert-OH is 4. The van der Waals surface area contributed by atoms with Gasteiger partial charge in [-0.05, 0) is 88.7 Å². The van der Waals surface area contributed by atoms with E-state index in [1.54, 1.807) is 20.8 Å². The van der Waals surface area contributed by atoms with Crippen molar-refractivity contribution in [3.63, 3.8) is 0 Å². The van der Waals surface area contributed by atoms with Crippen molar-refractivity contribution in [2.24, 2.45) is 28.6 Å². The van der Waals surface area contributed by atoms with Gasteiger partial charge in [0.2, 0.25) is 0 Å². The predicted molar refractivity (Wildman–Crippen MR) is 128 cm³/mol. The molecule has 0 spiro atoms. The summed E-state index contributed by atoms with van der Waals surface area (Å²) in [6.45, 7) is 8.52. The topological polar surface area (TPSA) is 159 Å². The summed E-state index contributed by atoms with van der Waals surface area (Å²) < 4.78 is 0. The largest absolute Gasteiger partial charge is 0.392 e. The Hall–Kier alpha value is -0.870. The van der Waals surface area contributed by atoms with Crippen LogP contribution >= 0.6 is 0 Å². The van der Waals surface area contributed by atoms with Gasteiger partial charge in [-0.2, -0.15) is 0 Å². The molecule has 0 bridgehead atoms. The fourth-order valence-corrected chi connectivity index (χ4v) is 8.44. The Labute approximate surface area is 207 Å². The van der Waals surface area contributed by atoms with Gasteiger partial charge >= 0.3 is 0 Å². The van der Waals surface area contributed by atoms with E-state index < -0.39 is 69.8 Å². The lowest BCUT2D eigenvalue weighted by Gasteiger charge is -2.62. The molecule has 0 aromatic rings. The van der Waals surface area contributed by atoms with E-state index in [1.165, 1.54) is 6.08 Å². The number of carbonyl (C=O) groups is 1. The predicted octanol–water partition coefficient (Wildman–Crippen LogP) is 0.825. The molecule has 8 nitrogen and oxygen atoms in total. The van der Waals surface area contributed by atoms with Crippen LogP contribution in [0, 0.1) is 28.6 Å². The Kier molecular flexibility index (Phi) is 6.46. The average molecular weight is 497 g/mol. The highest BCUT2D eigenvalue weighted by Crippen LogP contribution is 2.68. The average Bonchev–Trinajstić information content (AvgIpc) is 2.99. The molecular formula is C27H44O8. The van der Waals surface area contributed by atoms with Gasteiger partial charge in [-0.15, -0.1) is 0 Å². The van der Waals surface area contributed by atoms with Crippen LogP contribution < -0.4 is 0 Å². The van der Waals surface area contributed by atoms with E-state index in [1.807, 2.05) is 13.8 Å². The molecule has 35 heavy (non-hydrogen) atoms. The van der Waals surface area contributed by atoms with Gasteiger partial charge in [0, 0.05) is 17.3 Å². The van der Waals surface area contributed by atoms with Gasteiger partial charge in [-0.1, -0.05) is 13.8 Å². The van der Waals surface area contributed by atoms with Gasteiger partial charge in [-0.3, -0.25) is 4.79 Å². The zero-order valence-electron chi connectivity index (χ0n) is 21.6. The molecule has 7 N–H and O–H groups in total. The summed E-state index contributed by atoms with van der Waals surface area (Å²) in [6, 6.07) is 0. The smallest absolute Gasteiger partial charge is 0.159 e. The quantitative estimate of drug-likeness (QED) is 0.295. The standard InChI is InChI=1S/C27H44O8/c1-23(2,33)8-7-21(32)26(5,34)20-6-9-27(35)15-11-16(28)14-10-17(29)18(30)12-24(14,3)22(15)19(31)13-25(20,27)4/h11,14,17-22,29-35H,6-10,12-13H2,1-5H3/t14-,17+,18-,19+,20-,21+,22+,24-,25+,26+,27+/m0/s1. The number of carbonyl (C=O) groups excluding carboxylic acids is 1. The first-order valence-electron chi connectivity index (χ1n) is 13.0. The van der Waals surface area contributed by atoms with Gasteiger partial charge in [-0.25, -0.2) is 0 Å². The highest BCUT2D eigenvalue weighted by Gasteiger charge is 2.71. The lowest BCUT2D eigenvalue weighted by atomic mass is 9.45. The highest BCUT2D eigenvalue weighted by atomic mass is 16.3. The monoisotopic (exact) mass is 496 g/mol. The minimum Gasteiger partial charge on any atom is -0.392 e. The SMILES string of the molecule is CC(C)(O)CC[C@@H](O)[C@](C)(O)[C@H]1CC[C@@]2(O)C3=CC(=O)[C@@H]4C[C@@H](O)[C@@H](O)C[C@]4(C)[C@H]3[C@H](O)C[C@]12C. The van der Waals surface area contributed by atoms with Crippen molar-refractivity contribution in [2.75, 3.05) is 0 Å². The molecule has 0 aromatic carbocycles. The minimum atomic E-state index is -1.59. The second-order valence-corrected chi connectivity index (χ2v) is 13.3. The molecule has 0 amide bonds. The zero-order chi connectivity index (χ0) is 26.4. The number of aliphatic hydroxyl groups is 7. The second kappa shape index (κ2) is 8.32. The van der Waals surface area contributed by atoms with Crippen LogP contribution in [0.5, 0.6) is 0 Å². The molecule has 0 heterocycles. The zero-order valence-corrected chi connectivity index (χ0v) is 21.6. The van der Waals surface area contributed by atoms with Crippen LogP contribution in [0.1, 0.15) is 79.6 Å². The molecule has 8 heteroatoms. The van der Waals surface area contributed by atoms with Crippen LogP contribution in [0.25, 0.3) is 0 Å². The van der Waals surface area contributed by atoms with Gasteiger partial charge in [0.15, 0.2) is 5.78 Å². The summed E-state index contributed by atoms with van der Waals surface area (Å²) in [5.74, 6) is -1.89. The number of ketones is 1. The first-order valence-corrected chi connectivity index (χ1v) is 13.0. The molecule has 0 unspecified atom stereocenters. The van der Waals surface area contributed by atoms with Crippen molar-refractivity contribution in [3.05, 3.63) is 11.6 Å². The third-order valence-electron chi connectivity index (χ3n) is 10.5. The van der Waals surface area contributed by atoms with Crippen LogP contribution in [-0.4, -0.2) is 82.7 Å². The van der Waals surface area contributed by atoms with E-state index in [0.29, 0.717) is 12.0 Å². The third kappa shape index (κ3) is 3.95. The van der Waals surface area contributed by atoms with Crippen molar-refractivity contribution >= 4 is 5.78 Å². The molecule has 4 aliphatic rings. The molecule has 200 valence electrons. The van der Waals surface area contributed by atoms with E-state index >= 15 is 0 Å². The second-order valence-electron chi connectivity index (χ2n) is 13.3. The lowest BCUT2D eigenvalue weighted by Crippen LogP contribution is -2.66. The maximum atomic E-state index is 13.3. The van der Waals surface area contributed by atoms with E-state index in [4.69, 9.17) is 0 Å². The normalized spacial score (nSPS) is 48.3. The first-order chi connectivity index (χ1) is 15.9. The van der Waals surface area contributed by atoms with Crippen LogP contribution in [0.2, 0.25) is 0 Å². The molecule has 4 rings (SSSR count). The Morgan fingerprint density at radius 1 is 1.06 bits per heavy atom. The fourth-order valence-electron chi connectivity index (χ4n) is 8.44. The van der Waals surface area contributed by atoms with Gasteiger partial charge in [0.05, 0.1) is 41.2 Å². The Balaban J connectivity index is 1.71. The van der Waals surface area contributed by atoms with Gasteiger partial charge in [0.1, 0.15) is 0 Å². The molecule has 0 aliphatic heterocycles. The molecule has 11 atom stereocenters. The van der Waals surface area contributed by atoms with Crippen molar-refractivity contribution in [1.82, 2.24) is 0 Å². The number of hydrogen-bond acceptors (Lipinski definition) is 8. The number of rotatable bonds is 5. The lowest BCUT2D eigenvalue weighted by molar-refractivity contribution is -0.197. The van der Waals surface area contributed by atoms with Gasteiger partial charge < -0.3 is 35.7 Å². The van der Waals surface area contributed by atoms with Crippen LogP contribution in [0.4, 0.5) is 0 Å². The van der Waals surface area contributed by atoms with Crippen LogP contribution in [0.15, 0.2) is 11.6 Å². The summed E-state index contributed by atoms with van der Waals surface area (Å²) in [4.78, 5) is 13.3. The Bertz CT molecular complexity index is 892. The van der Waals surface area contributed by atoms with E-state index in [-0.39, 0.29) is 44.3 Å². The molecular weight excluding hydrogens is 452 g/mol. The minimum absolute atomic E-state index is 0.115. The maximum Gasteiger partial charge on any atom is 0.159 e. The van der Waals surface area contributed by atoms with Crippen molar-refractivity contribution in [2.45, 2.75) is 121 Å². The number of allylic oxidation sites excluding steroid dienone is 1. The number of fused-ring (bicyclic) bond motifs is 5. The molecule has 3 saturated carbocycles. The maximum absolute atomic E-state index is 13.3. The van der Waals surface area contributed by atoms with E-state index in [9.17, 15) is 40.5 Å². The first kappa shape index (κ1) is 27.2. The molecule has 0 radical (unpaired) electrons. The third-order valence-corrected chi connectivity index (χ3v) is 10.5. The summed E-state index contributed by atoms with van der Waals surface area (Å²) in [7, 11) is 0. The van der Waals surface area contributed by atoms with Crippen LogP contribution in [-0.2, 0) is 4.79 Å². The molecule has 0 saturated heterocycles. The van der Waals surface area contributed by atoms with Crippen molar-refractivity contribution in [1.29, 1.82) is 0 Å². The number of hydrogen-bond donors (Lipinski definition) is 7. The summed E-state index contributed by atoms with van der Waals surface area (Å²) in [5.41, 5.74) is -5.42. The van der Waals surface area contributed by atoms with Crippen LogP contribution in [0.3, 0.4) is 0 Å². The Morgan fingerprint density at radius 3 is 2.29 bits per heavy atom. The molecule has 3 fully saturated rings.